The number of hydrogen-bond acceptors (Lipinski definition) is 5. The van der Waals surface area contributed by atoms with Gasteiger partial charge >= 0.3 is 5.97 Å². The highest BCUT2D eigenvalue weighted by Gasteiger charge is 2.47. The standard InChI is InChI=1S/C30H29NO5/c1-17-10-22(35-9-8-30(34)6-7-30)11-18(2)26(17)20-5-3-4-19(12-20)16-36-25-14-21-13-23-27(24(21)15-31-25)28(23)29(32)33/h3-5,10-12,14-15,23,34H,6-9,13,16H2,1-2H3,(H,32,33)/t23-/m1/s1. The molecular weight excluding hydrogens is 454 g/mol. The quantitative estimate of drug-likeness (QED) is 0.432. The van der Waals surface area contributed by atoms with Crippen molar-refractivity contribution in [3.63, 3.8) is 0 Å². The number of hydrogen-bond donors (Lipinski definition) is 2. The number of ether oxygens (including phenoxy) is 2. The van der Waals surface area contributed by atoms with Crippen LogP contribution in [0.4, 0.5) is 0 Å². The Hall–Kier alpha value is -3.64. The second kappa shape index (κ2) is 8.49. The summed E-state index contributed by atoms with van der Waals surface area (Å²) >= 11 is 0. The van der Waals surface area contributed by atoms with Crippen LogP contribution in [0.25, 0.3) is 16.7 Å². The van der Waals surface area contributed by atoms with Gasteiger partial charge in [0.25, 0.3) is 0 Å². The van der Waals surface area contributed by atoms with Gasteiger partial charge in [0, 0.05) is 35.7 Å². The summed E-state index contributed by atoms with van der Waals surface area (Å²) in [5, 5.41) is 19.3. The van der Waals surface area contributed by atoms with Gasteiger partial charge in [-0.25, -0.2) is 9.78 Å². The topological polar surface area (TPSA) is 88.9 Å². The van der Waals surface area contributed by atoms with Crippen molar-refractivity contribution in [3.05, 3.63) is 82.1 Å². The maximum atomic E-state index is 11.3. The van der Waals surface area contributed by atoms with E-state index in [1.807, 2.05) is 18.2 Å². The lowest BCUT2D eigenvalue weighted by Gasteiger charge is -2.16. The molecule has 0 aliphatic heterocycles. The van der Waals surface area contributed by atoms with E-state index in [0.717, 1.165) is 64.0 Å². The van der Waals surface area contributed by atoms with Gasteiger partial charge in [-0.15, -0.1) is 0 Å². The average molecular weight is 484 g/mol. The number of pyridine rings is 1. The van der Waals surface area contributed by atoms with Gasteiger partial charge in [-0.05, 0) is 90.3 Å². The van der Waals surface area contributed by atoms with E-state index in [4.69, 9.17) is 9.47 Å². The Bertz CT molecular complexity index is 1400. The monoisotopic (exact) mass is 483 g/mol. The van der Waals surface area contributed by atoms with Gasteiger partial charge in [0.2, 0.25) is 5.88 Å². The molecule has 0 radical (unpaired) electrons. The molecule has 2 aromatic carbocycles. The summed E-state index contributed by atoms with van der Waals surface area (Å²) in [7, 11) is 0. The number of nitrogens with zero attached hydrogens (tertiary/aromatic N) is 1. The van der Waals surface area contributed by atoms with E-state index < -0.39 is 11.6 Å². The van der Waals surface area contributed by atoms with Crippen LogP contribution in [0, 0.1) is 19.8 Å². The molecule has 3 aliphatic rings. The third-order valence-electron chi connectivity index (χ3n) is 7.58. The normalized spacial score (nSPS) is 18.5. The van der Waals surface area contributed by atoms with Crippen LogP contribution in [0.3, 0.4) is 0 Å². The zero-order chi connectivity index (χ0) is 25.0. The lowest BCUT2D eigenvalue weighted by Crippen LogP contribution is -2.12. The van der Waals surface area contributed by atoms with Crippen molar-refractivity contribution in [1.82, 2.24) is 4.98 Å². The maximum absolute atomic E-state index is 11.3. The third kappa shape index (κ3) is 4.26. The Labute approximate surface area is 210 Å². The molecule has 1 fully saturated rings. The molecule has 0 unspecified atom stereocenters. The largest absolute Gasteiger partial charge is 0.493 e. The minimum absolute atomic E-state index is 0.0546. The molecular formula is C30H29NO5. The van der Waals surface area contributed by atoms with Crippen molar-refractivity contribution in [3.8, 4) is 22.8 Å². The molecule has 184 valence electrons. The van der Waals surface area contributed by atoms with Gasteiger partial charge in [-0.1, -0.05) is 18.2 Å². The molecule has 1 atom stereocenters. The molecule has 36 heavy (non-hydrogen) atoms. The van der Waals surface area contributed by atoms with Crippen LogP contribution >= 0.6 is 0 Å². The molecule has 1 aromatic heterocycles. The Morgan fingerprint density at radius 3 is 2.61 bits per heavy atom. The first-order chi connectivity index (χ1) is 17.3. The number of aliphatic carboxylic acids is 1. The molecule has 3 aromatic rings. The molecule has 6 rings (SSSR count). The number of carboxylic acid groups (broad SMARTS) is 1. The first-order valence-electron chi connectivity index (χ1n) is 12.5. The second-order valence-corrected chi connectivity index (χ2v) is 10.3. The van der Waals surface area contributed by atoms with E-state index in [2.05, 4.69) is 43.1 Å². The molecule has 2 N–H and O–H groups in total. The fourth-order valence-corrected chi connectivity index (χ4v) is 5.45. The SMILES string of the molecule is Cc1cc(OCCC2(O)CC2)cc(C)c1-c1cccc(COc2cc3c(cn2)C2=C(C(=O)O)[C@@H]2C3)c1. The van der Waals surface area contributed by atoms with Crippen LogP contribution in [0.1, 0.15) is 47.1 Å². The Balaban J connectivity index is 1.13. The third-order valence-corrected chi connectivity index (χ3v) is 7.58. The van der Waals surface area contributed by atoms with Crippen molar-refractivity contribution in [1.29, 1.82) is 0 Å². The van der Waals surface area contributed by atoms with E-state index in [1.165, 1.54) is 5.56 Å². The second-order valence-electron chi connectivity index (χ2n) is 10.3. The minimum Gasteiger partial charge on any atom is -0.493 e. The Morgan fingerprint density at radius 2 is 1.89 bits per heavy atom. The molecule has 0 spiro atoms. The van der Waals surface area contributed by atoms with Crippen LogP contribution in [0.5, 0.6) is 11.6 Å². The number of rotatable bonds is 9. The van der Waals surface area contributed by atoms with Gasteiger partial charge in [-0.2, -0.15) is 0 Å². The highest BCUT2D eigenvalue weighted by atomic mass is 16.5. The van der Waals surface area contributed by atoms with Gasteiger partial charge in [-0.3, -0.25) is 0 Å². The smallest absolute Gasteiger partial charge is 0.332 e. The Kier molecular flexibility index (Phi) is 5.38. The average Bonchev–Trinajstić information content (AvgIpc) is 3.72. The van der Waals surface area contributed by atoms with Gasteiger partial charge < -0.3 is 19.7 Å². The molecule has 3 aliphatic carbocycles. The lowest BCUT2D eigenvalue weighted by atomic mass is 9.94. The van der Waals surface area contributed by atoms with Crippen LogP contribution in [0.2, 0.25) is 0 Å². The van der Waals surface area contributed by atoms with E-state index in [1.54, 1.807) is 6.20 Å². The minimum atomic E-state index is -0.818. The number of benzene rings is 2. The Morgan fingerprint density at radius 1 is 1.11 bits per heavy atom. The summed E-state index contributed by atoms with van der Waals surface area (Å²) in [4.78, 5) is 15.7. The summed E-state index contributed by atoms with van der Waals surface area (Å²) < 4.78 is 11.9. The maximum Gasteiger partial charge on any atom is 0.332 e. The summed E-state index contributed by atoms with van der Waals surface area (Å²) in [6.45, 7) is 5.11. The van der Waals surface area contributed by atoms with Crippen LogP contribution in [0.15, 0.2) is 54.2 Å². The van der Waals surface area contributed by atoms with Crippen molar-refractivity contribution in [2.75, 3.05) is 6.61 Å². The number of fused-ring (bicyclic) bond motifs is 3. The van der Waals surface area contributed by atoms with Crippen LogP contribution < -0.4 is 9.47 Å². The zero-order valence-corrected chi connectivity index (χ0v) is 20.5. The van der Waals surface area contributed by atoms with E-state index >= 15 is 0 Å². The molecule has 0 saturated heterocycles. The first kappa shape index (κ1) is 22.8. The van der Waals surface area contributed by atoms with Crippen molar-refractivity contribution in [2.24, 2.45) is 5.92 Å². The summed E-state index contributed by atoms with van der Waals surface area (Å²) in [6.07, 6.45) is 4.90. The van der Waals surface area contributed by atoms with E-state index in [9.17, 15) is 15.0 Å². The van der Waals surface area contributed by atoms with E-state index in [-0.39, 0.29) is 5.92 Å². The number of allylic oxidation sites excluding steroid dienone is 1. The first-order valence-corrected chi connectivity index (χ1v) is 12.5. The molecule has 1 heterocycles. The molecule has 6 nitrogen and oxygen atoms in total. The highest BCUT2D eigenvalue weighted by Crippen LogP contribution is 2.55. The van der Waals surface area contributed by atoms with Crippen molar-refractivity contribution < 1.29 is 24.5 Å². The molecule has 1 saturated carbocycles. The number of aliphatic hydroxyl groups is 1. The molecule has 0 bridgehead atoms. The summed E-state index contributed by atoms with van der Waals surface area (Å²) in [5.41, 5.74) is 8.68. The number of carboxylic acids is 1. The fourth-order valence-electron chi connectivity index (χ4n) is 5.45. The molecule has 0 amide bonds. The number of aryl methyl sites for hydroxylation is 2. The highest BCUT2D eigenvalue weighted by molar-refractivity contribution is 6.11. The lowest BCUT2D eigenvalue weighted by molar-refractivity contribution is -0.132. The van der Waals surface area contributed by atoms with Gasteiger partial charge in [0.1, 0.15) is 12.4 Å². The predicted molar refractivity (Wildman–Crippen MR) is 136 cm³/mol. The predicted octanol–water partition coefficient (Wildman–Crippen LogP) is 5.26. The van der Waals surface area contributed by atoms with Gasteiger partial charge in [0.05, 0.1) is 12.2 Å². The van der Waals surface area contributed by atoms with Gasteiger partial charge in [0.15, 0.2) is 0 Å². The van der Waals surface area contributed by atoms with Crippen LogP contribution in [-0.4, -0.2) is 33.4 Å². The van der Waals surface area contributed by atoms with Crippen LogP contribution in [-0.2, 0) is 17.8 Å². The number of carbonyl (C=O) groups is 1. The molecule has 6 heteroatoms. The zero-order valence-electron chi connectivity index (χ0n) is 20.5. The van der Waals surface area contributed by atoms with Crippen molar-refractivity contribution >= 4 is 11.5 Å². The van der Waals surface area contributed by atoms with Crippen molar-refractivity contribution in [2.45, 2.75) is 51.7 Å². The number of aromatic nitrogens is 1. The van der Waals surface area contributed by atoms with E-state index in [0.29, 0.717) is 31.1 Å². The fraction of sp³-hybridized carbons (Fsp3) is 0.333. The summed E-state index contributed by atoms with van der Waals surface area (Å²) in [5.74, 6) is 0.632. The summed E-state index contributed by atoms with van der Waals surface area (Å²) in [6, 6.07) is 14.4.